The lowest BCUT2D eigenvalue weighted by atomic mass is 9.95. The molecule has 1 heterocycles. The lowest BCUT2D eigenvalue weighted by Crippen LogP contribution is -2.29. The van der Waals surface area contributed by atoms with Gasteiger partial charge in [0, 0.05) is 0 Å². The highest BCUT2D eigenvalue weighted by Gasteiger charge is 2.27. The van der Waals surface area contributed by atoms with Crippen LogP contribution in [0.25, 0.3) is 0 Å². The van der Waals surface area contributed by atoms with Gasteiger partial charge in [-0.15, -0.1) is 0 Å². The Labute approximate surface area is 81.8 Å². The molecule has 0 aliphatic carbocycles. The first-order valence-corrected chi connectivity index (χ1v) is 4.04. The summed E-state index contributed by atoms with van der Waals surface area (Å²) < 4.78 is 0. The van der Waals surface area contributed by atoms with Gasteiger partial charge in [-0.1, -0.05) is 0 Å². The molecule has 0 atom stereocenters. The van der Waals surface area contributed by atoms with Crippen molar-refractivity contribution in [2.75, 3.05) is 5.32 Å². The maximum Gasteiger partial charge on any atom is 0.244 e. The van der Waals surface area contributed by atoms with E-state index in [1.165, 1.54) is 18.7 Å². The van der Waals surface area contributed by atoms with Crippen LogP contribution in [0.4, 0.5) is 5.69 Å². The van der Waals surface area contributed by atoms with Crippen molar-refractivity contribution in [1.29, 1.82) is 5.26 Å². The summed E-state index contributed by atoms with van der Waals surface area (Å²) in [5.74, 6) is -0.366. The van der Waals surface area contributed by atoms with E-state index in [9.17, 15) is 4.79 Å². The molecule has 5 heteroatoms. The number of nitriles is 1. The molecule has 0 fully saturated rings. The van der Waals surface area contributed by atoms with E-state index in [1.54, 1.807) is 13.8 Å². The van der Waals surface area contributed by atoms with E-state index in [4.69, 9.17) is 5.26 Å². The number of hydrogen-bond donors (Lipinski definition) is 1. The molecule has 1 aromatic rings. The third-order valence-electron chi connectivity index (χ3n) is 1.67. The summed E-state index contributed by atoms with van der Waals surface area (Å²) in [7, 11) is 0. The van der Waals surface area contributed by atoms with Gasteiger partial charge in [0.1, 0.15) is 11.7 Å². The van der Waals surface area contributed by atoms with Crippen molar-refractivity contribution in [2.24, 2.45) is 5.41 Å². The molecule has 5 nitrogen and oxygen atoms in total. The number of carbonyl (C=O) groups is 1. The van der Waals surface area contributed by atoms with E-state index < -0.39 is 5.41 Å². The molecule has 0 saturated heterocycles. The number of aromatic nitrogens is 2. The molecule has 0 radical (unpaired) electrons. The van der Waals surface area contributed by atoms with Gasteiger partial charge in [0.25, 0.3) is 0 Å². The first-order valence-electron chi connectivity index (χ1n) is 4.04. The Morgan fingerprint density at radius 2 is 2.07 bits per heavy atom. The van der Waals surface area contributed by atoms with E-state index in [-0.39, 0.29) is 5.91 Å². The molecule has 0 aliphatic rings. The fraction of sp³-hybridized carbons (Fsp3) is 0.333. The fourth-order valence-corrected chi connectivity index (χ4v) is 0.702. The molecule has 0 unspecified atom stereocenters. The highest BCUT2D eigenvalue weighted by molar-refractivity contribution is 5.96. The summed E-state index contributed by atoms with van der Waals surface area (Å²) in [6.07, 6.45) is 4.31. The van der Waals surface area contributed by atoms with Crippen molar-refractivity contribution in [1.82, 2.24) is 9.97 Å². The van der Waals surface area contributed by atoms with Crippen LogP contribution in [0, 0.1) is 16.7 Å². The number of rotatable bonds is 2. The molecule has 14 heavy (non-hydrogen) atoms. The van der Waals surface area contributed by atoms with Gasteiger partial charge >= 0.3 is 0 Å². The van der Waals surface area contributed by atoms with Gasteiger partial charge < -0.3 is 5.32 Å². The largest absolute Gasteiger partial charge is 0.322 e. The van der Waals surface area contributed by atoms with Gasteiger partial charge in [-0.25, -0.2) is 9.97 Å². The van der Waals surface area contributed by atoms with Crippen LogP contribution >= 0.6 is 0 Å². The van der Waals surface area contributed by atoms with E-state index in [0.717, 1.165) is 0 Å². The van der Waals surface area contributed by atoms with Gasteiger partial charge in [-0.2, -0.15) is 5.26 Å². The van der Waals surface area contributed by atoms with E-state index in [2.05, 4.69) is 15.3 Å². The van der Waals surface area contributed by atoms with Crippen LogP contribution < -0.4 is 5.32 Å². The van der Waals surface area contributed by atoms with Gasteiger partial charge in [0.05, 0.1) is 24.2 Å². The van der Waals surface area contributed by atoms with Gasteiger partial charge in [-0.3, -0.25) is 4.79 Å². The smallest absolute Gasteiger partial charge is 0.244 e. The maximum absolute atomic E-state index is 11.5. The summed E-state index contributed by atoms with van der Waals surface area (Å²) in [5.41, 5.74) is -0.559. The Kier molecular flexibility index (Phi) is 2.77. The van der Waals surface area contributed by atoms with Gasteiger partial charge in [-0.05, 0) is 13.8 Å². The topological polar surface area (TPSA) is 78.7 Å². The van der Waals surface area contributed by atoms with Crippen LogP contribution in [0.15, 0.2) is 18.7 Å². The van der Waals surface area contributed by atoms with Crippen molar-refractivity contribution in [2.45, 2.75) is 13.8 Å². The first-order chi connectivity index (χ1) is 6.56. The average Bonchev–Trinajstić information content (AvgIpc) is 2.19. The van der Waals surface area contributed by atoms with Crippen LogP contribution in [-0.4, -0.2) is 15.9 Å². The second kappa shape index (κ2) is 3.83. The van der Waals surface area contributed by atoms with Crippen LogP contribution in [0.2, 0.25) is 0 Å². The van der Waals surface area contributed by atoms with Crippen LogP contribution in [0.3, 0.4) is 0 Å². The number of carbonyl (C=O) groups excluding carboxylic acids is 1. The van der Waals surface area contributed by atoms with Crippen molar-refractivity contribution in [3.63, 3.8) is 0 Å². The molecule has 1 rings (SSSR count). The molecular formula is C9H10N4O. The number of hydrogen-bond acceptors (Lipinski definition) is 4. The second-order valence-electron chi connectivity index (χ2n) is 3.32. The van der Waals surface area contributed by atoms with Crippen LogP contribution in [0.5, 0.6) is 0 Å². The second-order valence-corrected chi connectivity index (χ2v) is 3.32. The van der Waals surface area contributed by atoms with Crippen molar-refractivity contribution < 1.29 is 4.79 Å². The van der Waals surface area contributed by atoms with Crippen molar-refractivity contribution >= 4 is 11.6 Å². The monoisotopic (exact) mass is 190 g/mol. The highest BCUT2D eigenvalue weighted by atomic mass is 16.2. The number of nitrogens with one attached hydrogen (secondary N) is 1. The molecule has 1 N–H and O–H groups in total. The molecule has 0 spiro atoms. The van der Waals surface area contributed by atoms with Crippen LogP contribution in [0.1, 0.15) is 13.8 Å². The average molecular weight is 190 g/mol. The number of anilines is 1. The Bertz CT molecular complexity index is 366. The first kappa shape index (κ1) is 10.1. The zero-order valence-electron chi connectivity index (χ0n) is 7.98. The molecule has 0 saturated carbocycles. The molecule has 0 aliphatic heterocycles. The van der Waals surface area contributed by atoms with Crippen molar-refractivity contribution in [3.8, 4) is 6.07 Å². The fourth-order valence-electron chi connectivity index (χ4n) is 0.702. The molecular weight excluding hydrogens is 180 g/mol. The minimum atomic E-state index is -1.05. The summed E-state index contributed by atoms with van der Waals surface area (Å²) in [6.45, 7) is 3.10. The molecule has 0 aromatic carbocycles. The Hall–Kier alpha value is -1.96. The normalized spacial score (nSPS) is 10.4. The minimum Gasteiger partial charge on any atom is -0.322 e. The van der Waals surface area contributed by atoms with Gasteiger partial charge in [0.2, 0.25) is 5.91 Å². The molecule has 0 bridgehead atoms. The predicted molar refractivity (Wildman–Crippen MR) is 50.1 cm³/mol. The zero-order chi connectivity index (χ0) is 10.6. The Balaban J connectivity index is 2.73. The third-order valence-corrected chi connectivity index (χ3v) is 1.67. The zero-order valence-corrected chi connectivity index (χ0v) is 7.98. The van der Waals surface area contributed by atoms with E-state index >= 15 is 0 Å². The Morgan fingerprint density at radius 1 is 1.50 bits per heavy atom. The molecule has 1 aromatic heterocycles. The lowest BCUT2D eigenvalue weighted by molar-refractivity contribution is -0.121. The third kappa shape index (κ3) is 2.26. The van der Waals surface area contributed by atoms with Crippen LogP contribution in [-0.2, 0) is 4.79 Å². The maximum atomic E-state index is 11.5. The standard InChI is InChI=1S/C9H10N4O/c1-9(2,5-10)8(14)13-7-3-11-6-12-4-7/h3-4,6H,1-2H3,(H,13,14). The number of amides is 1. The Morgan fingerprint density at radius 3 is 2.57 bits per heavy atom. The summed E-state index contributed by atoms with van der Waals surface area (Å²) in [5, 5.41) is 11.2. The quantitative estimate of drug-likeness (QED) is 0.753. The molecule has 72 valence electrons. The lowest BCUT2D eigenvalue weighted by Gasteiger charge is -2.14. The summed E-state index contributed by atoms with van der Waals surface area (Å²) in [6, 6.07) is 1.91. The predicted octanol–water partition coefficient (Wildman–Crippen LogP) is 0.965. The number of nitrogens with zero attached hydrogens (tertiary/aromatic N) is 3. The van der Waals surface area contributed by atoms with Gasteiger partial charge in [0.15, 0.2) is 0 Å². The summed E-state index contributed by atoms with van der Waals surface area (Å²) in [4.78, 5) is 18.9. The van der Waals surface area contributed by atoms with E-state index in [0.29, 0.717) is 5.69 Å². The highest BCUT2D eigenvalue weighted by Crippen LogP contribution is 2.15. The molecule has 1 amide bonds. The SMILES string of the molecule is CC(C)(C#N)C(=O)Nc1cncnc1. The summed E-state index contributed by atoms with van der Waals surface area (Å²) >= 11 is 0. The minimum absolute atomic E-state index is 0.366. The van der Waals surface area contributed by atoms with Crippen molar-refractivity contribution in [3.05, 3.63) is 18.7 Å². The van der Waals surface area contributed by atoms with E-state index in [1.807, 2.05) is 6.07 Å².